The summed E-state index contributed by atoms with van der Waals surface area (Å²) in [5.74, 6) is 0.654. The van der Waals surface area contributed by atoms with E-state index in [2.05, 4.69) is 25.1 Å². The molecule has 1 aromatic carbocycles. The maximum Gasteiger partial charge on any atom is 0.223 e. The number of benzene rings is 1. The van der Waals surface area contributed by atoms with E-state index in [-0.39, 0.29) is 5.95 Å². The van der Waals surface area contributed by atoms with Gasteiger partial charge in [-0.3, -0.25) is 5.10 Å². The lowest BCUT2D eigenvalue weighted by Crippen LogP contribution is -2.00. The van der Waals surface area contributed by atoms with E-state index in [9.17, 15) is 0 Å². The topological polar surface area (TPSA) is 103 Å². The van der Waals surface area contributed by atoms with Crippen LogP contribution in [0, 0.1) is 0 Å². The van der Waals surface area contributed by atoms with Gasteiger partial charge in [0.2, 0.25) is 11.8 Å². The normalized spacial score (nSPS) is 11.1. The molecule has 0 unspecified atom stereocenters. The summed E-state index contributed by atoms with van der Waals surface area (Å²) >= 11 is 0. The monoisotopic (exact) mass is 292 g/mol. The Bertz CT molecular complexity index is 994. The summed E-state index contributed by atoms with van der Waals surface area (Å²) < 4.78 is 5.43. The van der Waals surface area contributed by atoms with Gasteiger partial charge >= 0.3 is 0 Å². The summed E-state index contributed by atoms with van der Waals surface area (Å²) in [7, 11) is 1.58. The van der Waals surface area contributed by atoms with Crippen molar-refractivity contribution in [2.75, 3.05) is 12.8 Å². The van der Waals surface area contributed by atoms with Crippen LogP contribution in [0.1, 0.15) is 0 Å². The number of nitrogens with one attached hydrogen (secondary N) is 1. The van der Waals surface area contributed by atoms with Crippen LogP contribution in [0.5, 0.6) is 5.88 Å². The van der Waals surface area contributed by atoms with Crippen molar-refractivity contribution in [2.45, 2.75) is 0 Å². The SMILES string of the molecule is COc1nc2ccccc2cc1-c1nc(N)nc2[nH]ncc12. The Morgan fingerprint density at radius 3 is 2.86 bits per heavy atom. The molecular weight excluding hydrogens is 280 g/mol. The second kappa shape index (κ2) is 4.66. The summed E-state index contributed by atoms with van der Waals surface area (Å²) in [5.41, 5.74) is 8.63. The van der Waals surface area contributed by atoms with Gasteiger partial charge in [0.15, 0.2) is 5.65 Å². The predicted octanol–water partition coefficient (Wildman–Crippen LogP) is 2.16. The number of aromatic nitrogens is 5. The lowest BCUT2D eigenvalue weighted by molar-refractivity contribution is 0.401. The number of nitrogens with two attached hydrogens (primary N) is 1. The van der Waals surface area contributed by atoms with E-state index in [1.807, 2.05) is 30.3 Å². The van der Waals surface area contributed by atoms with Crippen LogP contribution < -0.4 is 10.5 Å². The van der Waals surface area contributed by atoms with E-state index < -0.39 is 0 Å². The molecule has 4 rings (SSSR count). The summed E-state index contributed by atoms with van der Waals surface area (Å²) in [5, 5.41) is 8.57. The van der Waals surface area contributed by atoms with Gasteiger partial charge in [-0.05, 0) is 12.1 Å². The number of H-pyrrole nitrogens is 1. The first-order chi connectivity index (χ1) is 10.8. The standard InChI is InChI=1S/C15H12N6O/c1-22-14-9(6-8-4-2-3-5-11(8)18-14)12-10-7-17-21-13(10)20-15(16)19-12/h2-7H,1H3,(H3,16,17,19,20,21). The number of fused-ring (bicyclic) bond motifs is 2. The molecule has 3 heterocycles. The van der Waals surface area contributed by atoms with Gasteiger partial charge in [-0.2, -0.15) is 10.1 Å². The predicted molar refractivity (Wildman–Crippen MR) is 83.4 cm³/mol. The number of rotatable bonds is 2. The molecule has 0 radical (unpaired) electrons. The Morgan fingerprint density at radius 2 is 2.00 bits per heavy atom. The quantitative estimate of drug-likeness (QED) is 0.587. The first kappa shape index (κ1) is 12.5. The molecule has 4 aromatic rings. The van der Waals surface area contributed by atoms with Crippen molar-refractivity contribution >= 4 is 27.9 Å². The molecule has 108 valence electrons. The summed E-state index contributed by atoms with van der Waals surface area (Å²) in [4.78, 5) is 13.0. The Hall–Kier alpha value is -3.22. The number of pyridine rings is 1. The average Bonchev–Trinajstić information content (AvgIpc) is 3.01. The van der Waals surface area contributed by atoms with Crippen LogP contribution in [-0.4, -0.2) is 32.3 Å². The molecule has 0 aliphatic heterocycles. The van der Waals surface area contributed by atoms with Crippen molar-refractivity contribution in [2.24, 2.45) is 0 Å². The van der Waals surface area contributed by atoms with Gasteiger partial charge in [0.05, 0.1) is 35.5 Å². The van der Waals surface area contributed by atoms with Crippen LogP contribution in [0.15, 0.2) is 36.5 Å². The third kappa shape index (κ3) is 1.83. The number of ether oxygens (including phenoxy) is 1. The molecule has 0 aliphatic carbocycles. The van der Waals surface area contributed by atoms with E-state index in [1.165, 1.54) is 0 Å². The number of anilines is 1. The molecule has 0 saturated carbocycles. The van der Waals surface area contributed by atoms with Crippen molar-refractivity contribution in [3.8, 4) is 17.1 Å². The van der Waals surface area contributed by atoms with E-state index in [0.717, 1.165) is 21.9 Å². The van der Waals surface area contributed by atoms with E-state index in [4.69, 9.17) is 10.5 Å². The maximum atomic E-state index is 5.79. The highest BCUT2D eigenvalue weighted by Gasteiger charge is 2.16. The zero-order chi connectivity index (χ0) is 15.1. The molecule has 0 amide bonds. The van der Waals surface area contributed by atoms with Crippen LogP contribution in [-0.2, 0) is 0 Å². The maximum absolute atomic E-state index is 5.79. The van der Waals surface area contributed by atoms with E-state index >= 15 is 0 Å². The Balaban J connectivity index is 2.08. The average molecular weight is 292 g/mol. The van der Waals surface area contributed by atoms with Crippen LogP contribution in [0.2, 0.25) is 0 Å². The van der Waals surface area contributed by atoms with Crippen LogP contribution >= 0.6 is 0 Å². The van der Waals surface area contributed by atoms with Crippen molar-refractivity contribution in [1.82, 2.24) is 25.1 Å². The highest BCUT2D eigenvalue weighted by Crippen LogP contribution is 2.34. The molecule has 0 bridgehead atoms. The first-order valence-corrected chi connectivity index (χ1v) is 6.67. The fraction of sp³-hybridized carbons (Fsp3) is 0.0667. The number of aromatic amines is 1. The molecule has 3 N–H and O–H groups in total. The fourth-order valence-corrected chi connectivity index (χ4v) is 2.48. The van der Waals surface area contributed by atoms with Crippen molar-refractivity contribution in [1.29, 1.82) is 0 Å². The van der Waals surface area contributed by atoms with Gasteiger partial charge in [0, 0.05) is 5.39 Å². The van der Waals surface area contributed by atoms with E-state index in [0.29, 0.717) is 17.2 Å². The van der Waals surface area contributed by atoms with Gasteiger partial charge in [0.25, 0.3) is 0 Å². The molecular formula is C15H12N6O. The highest BCUT2D eigenvalue weighted by atomic mass is 16.5. The van der Waals surface area contributed by atoms with Crippen molar-refractivity contribution < 1.29 is 4.74 Å². The van der Waals surface area contributed by atoms with Crippen molar-refractivity contribution in [3.63, 3.8) is 0 Å². The molecule has 3 aromatic heterocycles. The molecule has 0 fully saturated rings. The van der Waals surface area contributed by atoms with Crippen LogP contribution in [0.3, 0.4) is 0 Å². The first-order valence-electron chi connectivity index (χ1n) is 6.67. The minimum absolute atomic E-state index is 0.168. The summed E-state index contributed by atoms with van der Waals surface area (Å²) in [6, 6.07) is 9.80. The third-order valence-corrected chi connectivity index (χ3v) is 3.46. The van der Waals surface area contributed by atoms with Crippen LogP contribution in [0.4, 0.5) is 5.95 Å². The largest absolute Gasteiger partial charge is 0.480 e. The Labute approximate surface area is 125 Å². The highest BCUT2D eigenvalue weighted by molar-refractivity contribution is 5.95. The molecule has 0 saturated heterocycles. The lowest BCUT2D eigenvalue weighted by atomic mass is 10.1. The molecule has 7 heteroatoms. The zero-order valence-corrected chi connectivity index (χ0v) is 11.7. The van der Waals surface area contributed by atoms with E-state index in [1.54, 1.807) is 13.3 Å². The molecule has 7 nitrogen and oxygen atoms in total. The fourth-order valence-electron chi connectivity index (χ4n) is 2.48. The number of nitrogen functional groups attached to an aromatic ring is 1. The van der Waals surface area contributed by atoms with Crippen LogP contribution in [0.25, 0.3) is 33.2 Å². The minimum atomic E-state index is 0.168. The van der Waals surface area contributed by atoms with Gasteiger partial charge in [-0.15, -0.1) is 0 Å². The number of methoxy groups -OCH3 is 1. The lowest BCUT2D eigenvalue weighted by Gasteiger charge is -2.10. The second-order valence-electron chi connectivity index (χ2n) is 4.80. The molecule has 22 heavy (non-hydrogen) atoms. The summed E-state index contributed by atoms with van der Waals surface area (Å²) in [6.45, 7) is 0. The van der Waals surface area contributed by atoms with Gasteiger partial charge in [-0.1, -0.05) is 18.2 Å². The van der Waals surface area contributed by atoms with Gasteiger partial charge < -0.3 is 10.5 Å². The number of hydrogen-bond acceptors (Lipinski definition) is 6. The number of para-hydroxylation sites is 1. The summed E-state index contributed by atoms with van der Waals surface area (Å²) in [6.07, 6.45) is 1.67. The zero-order valence-electron chi connectivity index (χ0n) is 11.7. The Morgan fingerprint density at radius 1 is 1.14 bits per heavy atom. The molecule has 0 atom stereocenters. The van der Waals surface area contributed by atoms with Gasteiger partial charge in [-0.25, -0.2) is 9.97 Å². The second-order valence-corrected chi connectivity index (χ2v) is 4.80. The minimum Gasteiger partial charge on any atom is -0.480 e. The third-order valence-electron chi connectivity index (χ3n) is 3.46. The molecule has 0 aliphatic rings. The van der Waals surface area contributed by atoms with Gasteiger partial charge in [0.1, 0.15) is 0 Å². The number of hydrogen-bond donors (Lipinski definition) is 2. The smallest absolute Gasteiger partial charge is 0.223 e. The van der Waals surface area contributed by atoms with Crippen molar-refractivity contribution in [3.05, 3.63) is 36.5 Å². The number of nitrogens with zero attached hydrogens (tertiary/aromatic N) is 4. The molecule has 0 spiro atoms. The Kier molecular flexibility index (Phi) is 2.65.